The summed E-state index contributed by atoms with van der Waals surface area (Å²) in [5, 5.41) is 6.48. The van der Waals surface area contributed by atoms with E-state index >= 15 is 0 Å². The first-order chi connectivity index (χ1) is 6.00. The molecule has 0 radical (unpaired) electrons. The van der Waals surface area contributed by atoms with Crippen LogP contribution in [0.25, 0.3) is 0 Å². The topological polar surface area (TPSA) is 24.1 Å². The molecule has 0 saturated carbocycles. The standard InChI is InChI=1S/C5H11N.C5H9N/c2*1-2-4-6-5-3-1/h6H,1-5H2;1-2,6H,3-5H2. The van der Waals surface area contributed by atoms with Crippen LogP contribution in [0, 0.1) is 0 Å². The molecule has 12 heavy (non-hydrogen) atoms. The zero-order valence-corrected chi connectivity index (χ0v) is 7.81. The molecular weight excluding hydrogens is 148 g/mol. The van der Waals surface area contributed by atoms with Gasteiger partial charge in [0.1, 0.15) is 0 Å². The first-order valence-corrected chi connectivity index (χ1v) is 5.06. The zero-order chi connectivity index (χ0) is 8.49. The first-order valence-electron chi connectivity index (χ1n) is 5.06. The van der Waals surface area contributed by atoms with Crippen molar-refractivity contribution in [2.75, 3.05) is 26.2 Å². The molecule has 2 nitrogen and oxygen atoms in total. The first kappa shape index (κ1) is 9.75. The van der Waals surface area contributed by atoms with Gasteiger partial charge in [0.15, 0.2) is 0 Å². The van der Waals surface area contributed by atoms with Crippen LogP contribution < -0.4 is 10.6 Å². The van der Waals surface area contributed by atoms with E-state index in [1.807, 2.05) is 0 Å². The molecule has 0 aromatic heterocycles. The molecule has 2 aliphatic heterocycles. The fourth-order valence-corrected chi connectivity index (χ4v) is 1.37. The fraction of sp³-hybridized carbons (Fsp3) is 0.800. The molecule has 70 valence electrons. The Morgan fingerprint density at radius 3 is 1.75 bits per heavy atom. The maximum absolute atomic E-state index is 3.28. The van der Waals surface area contributed by atoms with Crippen LogP contribution in [0.5, 0.6) is 0 Å². The second-order valence-corrected chi connectivity index (χ2v) is 3.27. The zero-order valence-electron chi connectivity index (χ0n) is 7.81. The Balaban J connectivity index is 0.000000120. The van der Waals surface area contributed by atoms with Crippen LogP contribution in [0.3, 0.4) is 0 Å². The van der Waals surface area contributed by atoms with Crippen LogP contribution in [0.15, 0.2) is 12.2 Å². The molecule has 1 saturated heterocycles. The third-order valence-electron chi connectivity index (χ3n) is 2.12. The summed E-state index contributed by atoms with van der Waals surface area (Å²) in [7, 11) is 0. The van der Waals surface area contributed by atoms with Crippen LogP contribution in [-0.2, 0) is 0 Å². The maximum Gasteiger partial charge on any atom is 0.0135 e. The van der Waals surface area contributed by atoms with E-state index in [-0.39, 0.29) is 0 Å². The Kier molecular flexibility index (Phi) is 5.94. The van der Waals surface area contributed by atoms with Crippen LogP contribution in [0.1, 0.15) is 25.7 Å². The normalized spacial score (nSPS) is 22.7. The smallest absolute Gasteiger partial charge is 0.0135 e. The van der Waals surface area contributed by atoms with Crippen molar-refractivity contribution in [3.05, 3.63) is 12.2 Å². The molecule has 0 amide bonds. The Bertz CT molecular complexity index is 97.5. The molecule has 2 N–H and O–H groups in total. The van der Waals surface area contributed by atoms with Gasteiger partial charge in [0.05, 0.1) is 0 Å². The Hall–Kier alpha value is -0.340. The molecule has 0 unspecified atom stereocenters. The van der Waals surface area contributed by atoms with Crippen molar-refractivity contribution in [1.82, 2.24) is 10.6 Å². The second-order valence-electron chi connectivity index (χ2n) is 3.27. The average Bonchev–Trinajstić information content (AvgIpc) is 2.24. The van der Waals surface area contributed by atoms with Gasteiger partial charge in [0.2, 0.25) is 0 Å². The van der Waals surface area contributed by atoms with Crippen molar-refractivity contribution in [2.24, 2.45) is 0 Å². The van der Waals surface area contributed by atoms with Crippen LogP contribution in [-0.4, -0.2) is 26.2 Å². The minimum atomic E-state index is 1.07. The quantitative estimate of drug-likeness (QED) is 0.533. The predicted octanol–water partition coefficient (Wildman–Crippen LogP) is 1.30. The van der Waals surface area contributed by atoms with E-state index in [1.165, 1.54) is 38.8 Å². The summed E-state index contributed by atoms with van der Waals surface area (Å²) >= 11 is 0. The molecular formula is C10H20N2. The Morgan fingerprint density at radius 2 is 1.58 bits per heavy atom. The molecule has 2 heterocycles. The van der Waals surface area contributed by atoms with Crippen LogP contribution >= 0.6 is 0 Å². The third kappa shape index (κ3) is 5.33. The SMILES string of the molecule is C1=CCNCC1.C1CCNCC1. The lowest BCUT2D eigenvalue weighted by molar-refractivity contribution is 0.520. The lowest BCUT2D eigenvalue weighted by Gasteiger charge is -2.08. The highest BCUT2D eigenvalue weighted by atomic mass is 14.9. The summed E-state index contributed by atoms with van der Waals surface area (Å²) in [5.41, 5.74) is 0. The van der Waals surface area contributed by atoms with Gasteiger partial charge in [-0.05, 0) is 38.9 Å². The highest BCUT2D eigenvalue weighted by Crippen LogP contribution is 1.96. The molecule has 0 spiro atoms. The molecule has 1 fully saturated rings. The minimum absolute atomic E-state index is 1.07. The molecule has 0 aromatic rings. The average molecular weight is 168 g/mol. The Labute approximate surface area is 75.4 Å². The van der Waals surface area contributed by atoms with E-state index in [4.69, 9.17) is 0 Å². The molecule has 2 heteroatoms. The molecule has 2 aliphatic rings. The van der Waals surface area contributed by atoms with Gasteiger partial charge in [0.25, 0.3) is 0 Å². The van der Waals surface area contributed by atoms with E-state index < -0.39 is 0 Å². The van der Waals surface area contributed by atoms with Gasteiger partial charge in [0, 0.05) is 6.54 Å². The summed E-state index contributed by atoms with van der Waals surface area (Å²) in [5.74, 6) is 0. The van der Waals surface area contributed by atoms with E-state index in [9.17, 15) is 0 Å². The highest BCUT2D eigenvalue weighted by Gasteiger charge is 1.93. The van der Waals surface area contributed by atoms with Gasteiger partial charge in [-0.25, -0.2) is 0 Å². The van der Waals surface area contributed by atoms with Crippen LogP contribution in [0.4, 0.5) is 0 Å². The molecule has 0 atom stereocenters. The number of hydrogen-bond donors (Lipinski definition) is 2. The van der Waals surface area contributed by atoms with Gasteiger partial charge in [-0.3, -0.25) is 0 Å². The third-order valence-corrected chi connectivity index (χ3v) is 2.12. The fourth-order valence-electron chi connectivity index (χ4n) is 1.37. The summed E-state index contributed by atoms with van der Waals surface area (Å²) in [4.78, 5) is 0. The van der Waals surface area contributed by atoms with Crippen molar-refractivity contribution < 1.29 is 0 Å². The van der Waals surface area contributed by atoms with Crippen molar-refractivity contribution in [3.63, 3.8) is 0 Å². The van der Waals surface area contributed by atoms with E-state index in [1.54, 1.807) is 0 Å². The van der Waals surface area contributed by atoms with Gasteiger partial charge < -0.3 is 10.6 Å². The molecule has 0 bridgehead atoms. The highest BCUT2D eigenvalue weighted by molar-refractivity contribution is 4.88. The number of rotatable bonds is 0. The van der Waals surface area contributed by atoms with Gasteiger partial charge in [-0.2, -0.15) is 0 Å². The lowest BCUT2D eigenvalue weighted by Crippen LogP contribution is -2.21. The number of hydrogen-bond acceptors (Lipinski definition) is 2. The maximum atomic E-state index is 3.28. The summed E-state index contributed by atoms with van der Waals surface area (Å²) in [6.45, 7) is 4.73. The van der Waals surface area contributed by atoms with Gasteiger partial charge in [-0.15, -0.1) is 0 Å². The molecule has 0 aliphatic carbocycles. The monoisotopic (exact) mass is 168 g/mol. The van der Waals surface area contributed by atoms with Crippen molar-refractivity contribution in [2.45, 2.75) is 25.7 Å². The predicted molar refractivity (Wildman–Crippen MR) is 53.3 cm³/mol. The van der Waals surface area contributed by atoms with E-state index in [0.29, 0.717) is 0 Å². The number of nitrogens with one attached hydrogen (secondary N) is 2. The van der Waals surface area contributed by atoms with Crippen molar-refractivity contribution >= 4 is 0 Å². The van der Waals surface area contributed by atoms with Crippen LogP contribution in [0.2, 0.25) is 0 Å². The van der Waals surface area contributed by atoms with Gasteiger partial charge in [-0.1, -0.05) is 18.6 Å². The van der Waals surface area contributed by atoms with Crippen molar-refractivity contribution in [3.8, 4) is 0 Å². The lowest BCUT2D eigenvalue weighted by atomic mass is 10.2. The largest absolute Gasteiger partial charge is 0.317 e. The minimum Gasteiger partial charge on any atom is -0.317 e. The number of piperidine rings is 1. The van der Waals surface area contributed by atoms with Gasteiger partial charge >= 0.3 is 0 Å². The summed E-state index contributed by atoms with van der Waals surface area (Å²) in [6, 6.07) is 0. The Morgan fingerprint density at radius 1 is 0.750 bits per heavy atom. The van der Waals surface area contributed by atoms with E-state index in [0.717, 1.165) is 13.1 Å². The summed E-state index contributed by atoms with van der Waals surface area (Å²) < 4.78 is 0. The summed E-state index contributed by atoms with van der Waals surface area (Å²) in [6.07, 6.45) is 9.78. The molecule has 2 rings (SSSR count). The van der Waals surface area contributed by atoms with Crippen molar-refractivity contribution in [1.29, 1.82) is 0 Å². The van der Waals surface area contributed by atoms with E-state index in [2.05, 4.69) is 22.8 Å². The second kappa shape index (κ2) is 7.32. The molecule has 0 aromatic carbocycles.